The maximum absolute atomic E-state index is 13.3. The molecule has 1 saturated heterocycles. The van der Waals surface area contributed by atoms with Gasteiger partial charge < -0.3 is 19.4 Å². The average molecular weight is 396 g/mol. The molecule has 1 fully saturated rings. The van der Waals surface area contributed by atoms with Crippen molar-refractivity contribution in [2.24, 2.45) is 5.92 Å². The largest absolute Gasteiger partial charge is 0.336 e. The van der Waals surface area contributed by atoms with Gasteiger partial charge in [0.2, 0.25) is 0 Å². The van der Waals surface area contributed by atoms with Crippen molar-refractivity contribution in [1.29, 1.82) is 0 Å². The molecule has 0 aliphatic carbocycles. The fraction of sp³-hybridized carbons (Fsp3) is 0.591. The number of imidazole rings is 1. The molecule has 0 unspecified atom stereocenters. The van der Waals surface area contributed by atoms with Crippen LogP contribution in [0.25, 0.3) is 0 Å². The van der Waals surface area contributed by atoms with Gasteiger partial charge in [-0.15, -0.1) is 0 Å². The number of likely N-dealkylation sites (tertiary alicyclic amines) is 1. The van der Waals surface area contributed by atoms with Crippen LogP contribution in [0.3, 0.4) is 0 Å². The number of carbonyl (C=O) groups is 1. The van der Waals surface area contributed by atoms with E-state index in [9.17, 15) is 9.59 Å². The summed E-state index contributed by atoms with van der Waals surface area (Å²) in [4.78, 5) is 32.6. The molecular weight excluding hydrogens is 366 g/mol. The van der Waals surface area contributed by atoms with Crippen LogP contribution in [0.4, 0.5) is 0 Å². The summed E-state index contributed by atoms with van der Waals surface area (Å²) in [5, 5.41) is 3.37. The summed E-state index contributed by atoms with van der Waals surface area (Å²) in [6, 6.07) is 5.78. The Kier molecular flexibility index (Phi) is 4.78. The highest BCUT2D eigenvalue weighted by molar-refractivity contribution is 5.92. The SMILES string of the molecule is CCC[C@H]1[C@H]2C[C@H](CN(C(=O)c3cn4c(n3)CCNCC4)C2)c2cccc(=O)n21. The lowest BCUT2D eigenvalue weighted by atomic mass is 9.77. The summed E-state index contributed by atoms with van der Waals surface area (Å²) in [6.07, 6.45) is 5.85. The second-order valence-corrected chi connectivity index (χ2v) is 8.65. The number of nitrogens with one attached hydrogen (secondary N) is 1. The minimum absolute atomic E-state index is 0.0372. The Morgan fingerprint density at radius 3 is 3.03 bits per heavy atom. The summed E-state index contributed by atoms with van der Waals surface area (Å²) in [5.74, 6) is 1.59. The number of amides is 1. The monoisotopic (exact) mass is 395 g/mol. The Hall–Kier alpha value is -2.41. The fourth-order valence-electron chi connectivity index (χ4n) is 5.51. The third-order valence-electron chi connectivity index (χ3n) is 6.80. The molecule has 5 heterocycles. The zero-order chi connectivity index (χ0) is 20.0. The number of hydrogen-bond donors (Lipinski definition) is 1. The second-order valence-electron chi connectivity index (χ2n) is 8.65. The maximum Gasteiger partial charge on any atom is 0.274 e. The molecular formula is C22H29N5O2. The van der Waals surface area contributed by atoms with Crippen LogP contribution < -0.4 is 10.9 Å². The summed E-state index contributed by atoms with van der Waals surface area (Å²) in [7, 11) is 0. The van der Waals surface area contributed by atoms with Crippen molar-refractivity contribution in [2.45, 2.75) is 51.1 Å². The summed E-state index contributed by atoms with van der Waals surface area (Å²) in [5.41, 5.74) is 1.76. The van der Waals surface area contributed by atoms with Crippen molar-refractivity contribution in [3.8, 4) is 0 Å². The van der Waals surface area contributed by atoms with Crippen LogP contribution in [0.1, 0.15) is 60.2 Å². The predicted molar refractivity (Wildman–Crippen MR) is 110 cm³/mol. The van der Waals surface area contributed by atoms with Gasteiger partial charge in [-0.2, -0.15) is 0 Å². The van der Waals surface area contributed by atoms with E-state index < -0.39 is 0 Å². The molecule has 0 spiro atoms. The summed E-state index contributed by atoms with van der Waals surface area (Å²) < 4.78 is 4.14. The van der Waals surface area contributed by atoms with Crippen LogP contribution in [0.2, 0.25) is 0 Å². The molecule has 2 aromatic heterocycles. The van der Waals surface area contributed by atoms with Gasteiger partial charge in [0, 0.05) is 69.1 Å². The lowest BCUT2D eigenvalue weighted by Crippen LogP contribution is -2.51. The molecule has 7 nitrogen and oxygen atoms in total. The third-order valence-corrected chi connectivity index (χ3v) is 6.80. The van der Waals surface area contributed by atoms with Crippen LogP contribution >= 0.6 is 0 Å². The molecule has 29 heavy (non-hydrogen) atoms. The summed E-state index contributed by atoms with van der Waals surface area (Å²) in [6.45, 7) is 6.22. The van der Waals surface area contributed by atoms with Crippen molar-refractivity contribution < 1.29 is 4.79 Å². The Labute approximate surface area is 170 Å². The first-order chi connectivity index (χ1) is 14.2. The highest BCUT2D eigenvalue weighted by Gasteiger charge is 2.41. The molecule has 0 radical (unpaired) electrons. The highest BCUT2D eigenvalue weighted by atomic mass is 16.2. The van der Waals surface area contributed by atoms with E-state index in [4.69, 9.17) is 0 Å². The number of carbonyl (C=O) groups excluding carboxylic acids is 1. The predicted octanol–water partition coefficient (Wildman–Crippen LogP) is 1.79. The third kappa shape index (κ3) is 3.21. The number of fused-ring (bicyclic) bond motifs is 5. The van der Waals surface area contributed by atoms with Crippen molar-refractivity contribution >= 4 is 5.91 Å². The summed E-state index contributed by atoms with van der Waals surface area (Å²) >= 11 is 0. The number of aromatic nitrogens is 3. The molecule has 7 heteroatoms. The van der Waals surface area contributed by atoms with E-state index in [0.717, 1.165) is 56.8 Å². The van der Waals surface area contributed by atoms with Crippen LogP contribution in [0.5, 0.6) is 0 Å². The highest BCUT2D eigenvalue weighted by Crippen LogP contribution is 2.43. The van der Waals surface area contributed by atoms with Crippen molar-refractivity contribution in [3.63, 3.8) is 0 Å². The zero-order valence-corrected chi connectivity index (χ0v) is 17.0. The number of pyridine rings is 1. The van der Waals surface area contributed by atoms with E-state index in [1.165, 1.54) is 0 Å². The first kappa shape index (κ1) is 18.6. The lowest BCUT2D eigenvalue weighted by Gasteiger charge is -2.47. The van der Waals surface area contributed by atoms with Gasteiger partial charge in [-0.05, 0) is 24.8 Å². The first-order valence-corrected chi connectivity index (χ1v) is 10.9. The van der Waals surface area contributed by atoms with Crippen LogP contribution in [0.15, 0.2) is 29.2 Å². The standard InChI is InChI=1S/C22H29N5O2/c1-2-4-18-15-11-16(19-5-3-6-21(28)27(18)19)13-26(12-15)22(29)17-14-25-10-9-23-8-7-20(25)24-17/h3,5-6,14-16,18,23H,2,4,7-13H2,1H3/t15-,16+,18-/m0/s1. The Bertz CT molecular complexity index is 954. The molecule has 3 aliphatic heterocycles. The van der Waals surface area contributed by atoms with Crippen LogP contribution in [-0.2, 0) is 13.0 Å². The van der Waals surface area contributed by atoms with Crippen molar-refractivity contribution in [2.75, 3.05) is 26.2 Å². The number of rotatable bonds is 3. The van der Waals surface area contributed by atoms with Gasteiger partial charge in [0.1, 0.15) is 11.5 Å². The van der Waals surface area contributed by atoms with Gasteiger partial charge in [-0.3, -0.25) is 9.59 Å². The van der Waals surface area contributed by atoms with Gasteiger partial charge in [0.15, 0.2) is 0 Å². The normalized spacial score (nSPS) is 25.8. The molecule has 0 aromatic carbocycles. The number of piperidine rings is 1. The van der Waals surface area contributed by atoms with Crippen LogP contribution in [-0.4, -0.2) is 51.1 Å². The number of nitrogens with zero attached hydrogens (tertiary/aromatic N) is 4. The topological polar surface area (TPSA) is 72.2 Å². The molecule has 3 atom stereocenters. The first-order valence-electron chi connectivity index (χ1n) is 10.9. The van der Waals surface area contributed by atoms with E-state index >= 15 is 0 Å². The molecule has 2 bridgehead atoms. The minimum atomic E-state index is 0.0372. The molecule has 2 aromatic rings. The van der Waals surface area contributed by atoms with E-state index in [2.05, 4.69) is 27.9 Å². The minimum Gasteiger partial charge on any atom is -0.336 e. The van der Waals surface area contributed by atoms with E-state index in [1.54, 1.807) is 6.07 Å². The molecule has 1 amide bonds. The van der Waals surface area contributed by atoms with Crippen molar-refractivity contribution in [1.82, 2.24) is 24.3 Å². The maximum atomic E-state index is 13.3. The van der Waals surface area contributed by atoms with E-state index in [-0.39, 0.29) is 23.4 Å². The van der Waals surface area contributed by atoms with Crippen LogP contribution in [0, 0.1) is 5.92 Å². The van der Waals surface area contributed by atoms with Gasteiger partial charge >= 0.3 is 0 Å². The van der Waals surface area contributed by atoms with Crippen molar-refractivity contribution in [3.05, 3.63) is 52.0 Å². The Balaban J connectivity index is 1.44. The number of hydrogen-bond acceptors (Lipinski definition) is 4. The molecule has 0 saturated carbocycles. The van der Waals surface area contributed by atoms with Gasteiger partial charge in [-0.1, -0.05) is 19.4 Å². The average Bonchev–Trinajstić information content (AvgIpc) is 3.01. The Morgan fingerprint density at radius 2 is 2.17 bits per heavy atom. The molecule has 1 N–H and O–H groups in total. The van der Waals surface area contributed by atoms with Gasteiger partial charge in [0.25, 0.3) is 11.5 Å². The van der Waals surface area contributed by atoms with Gasteiger partial charge in [0.05, 0.1) is 0 Å². The quantitative estimate of drug-likeness (QED) is 0.860. The molecule has 3 aliphatic rings. The smallest absolute Gasteiger partial charge is 0.274 e. The molecule has 154 valence electrons. The second kappa shape index (κ2) is 7.44. The lowest BCUT2D eigenvalue weighted by molar-refractivity contribution is 0.0513. The van der Waals surface area contributed by atoms with Gasteiger partial charge in [-0.25, -0.2) is 4.98 Å². The Morgan fingerprint density at radius 1 is 1.28 bits per heavy atom. The van der Waals surface area contributed by atoms with E-state index in [0.29, 0.717) is 24.7 Å². The fourth-order valence-corrected chi connectivity index (χ4v) is 5.51. The van der Waals surface area contributed by atoms with E-state index in [1.807, 2.05) is 21.7 Å². The zero-order valence-electron chi connectivity index (χ0n) is 17.0. The molecule has 5 rings (SSSR count).